The molecule has 0 N–H and O–H groups in total. The van der Waals surface area contributed by atoms with Crippen LogP contribution < -0.4 is 9.47 Å². The van der Waals surface area contributed by atoms with E-state index in [1.807, 2.05) is 20.8 Å². The Labute approximate surface area is 150 Å². The molecule has 0 saturated heterocycles. The van der Waals surface area contributed by atoms with E-state index in [0.717, 1.165) is 53.9 Å². The summed E-state index contributed by atoms with van der Waals surface area (Å²) >= 11 is 5.84. The van der Waals surface area contributed by atoms with Crippen LogP contribution in [0.15, 0.2) is 0 Å². The highest BCUT2D eigenvalue weighted by molar-refractivity contribution is 6.18. The van der Waals surface area contributed by atoms with Crippen LogP contribution in [0.3, 0.4) is 0 Å². The third-order valence-corrected chi connectivity index (χ3v) is 5.05. The lowest BCUT2D eigenvalue weighted by Gasteiger charge is -2.40. The summed E-state index contributed by atoms with van der Waals surface area (Å²) in [5.74, 6) is 1.97. The molecule has 1 aromatic rings. The summed E-state index contributed by atoms with van der Waals surface area (Å²) in [5.41, 5.74) is 3.96. The van der Waals surface area contributed by atoms with E-state index in [9.17, 15) is 4.79 Å². The fraction of sp³-hybridized carbons (Fsp3) is 0.632. The van der Waals surface area contributed by atoms with E-state index in [1.54, 1.807) is 0 Å². The molecule has 4 nitrogen and oxygen atoms in total. The molecule has 0 spiro atoms. The molecule has 0 amide bonds. The van der Waals surface area contributed by atoms with Gasteiger partial charge in [-0.1, -0.05) is 0 Å². The number of halogens is 1. The van der Waals surface area contributed by atoms with Gasteiger partial charge in [0, 0.05) is 31.5 Å². The van der Waals surface area contributed by atoms with E-state index in [2.05, 4.69) is 18.9 Å². The standard InChI is InChI=1S/C19H28ClNO3/c1-12-13(2)18-16(14(3)17(12)23-15(4)22)7-8-19(5,24-18)11-21(6)10-9-20/h7-11H2,1-6H3. The van der Waals surface area contributed by atoms with Crippen LogP contribution in [-0.2, 0) is 11.2 Å². The highest BCUT2D eigenvalue weighted by Gasteiger charge is 2.35. The molecule has 0 radical (unpaired) electrons. The topological polar surface area (TPSA) is 38.8 Å². The van der Waals surface area contributed by atoms with Crippen molar-refractivity contribution < 1.29 is 14.3 Å². The third kappa shape index (κ3) is 3.86. The third-order valence-electron chi connectivity index (χ3n) is 4.88. The lowest BCUT2D eigenvalue weighted by molar-refractivity contribution is -0.132. The molecular weight excluding hydrogens is 326 g/mol. The maximum atomic E-state index is 11.4. The molecule has 1 heterocycles. The van der Waals surface area contributed by atoms with Crippen molar-refractivity contribution in [3.8, 4) is 11.5 Å². The predicted molar refractivity (Wildman–Crippen MR) is 97.5 cm³/mol. The van der Waals surface area contributed by atoms with Crippen LogP contribution in [0.25, 0.3) is 0 Å². The number of fused-ring (bicyclic) bond motifs is 1. The van der Waals surface area contributed by atoms with Crippen molar-refractivity contribution in [2.24, 2.45) is 0 Å². The Morgan fingerprint density at radius 2 is 1.96 bits per heavy atom. The Kier molecular flexibility index (Phi) is 5.82. The molecular formula is C19H28ClNO3. The van der Waals surface area contributed by atoms with Crippen LogP contribution in [0.1, 0.15) is 42.5 Å². The predicted octanol–water partition coefficient (Wildman–Crippen LogP) is 3.79. The monoisotopic (exact) mass is 353 g/mol. The number of ether oxygens (including phenoxy) is 2. The number of hydrogen-bond acceptors (Lipinski definition) is 4. The second-order valence-electron chi connectivity index (χ2n) is 7.08. The second kappa shape index (κ2) is 7.32. The number of alkyl halides is 1. The van der Waals surface area contributed by atoms with Crippen LogP contribution in [-0.4, -0.2) is 42.5 Å². The van der Waals surface area contributed by atoms with Crippen molar-refractivity contribution in [1.82, 2.24) is 4.90 Å². The Bertz CT molecular complexity index is 644. The number of nitrogens with zero attached hydrogens (tertiary/aromatic N) is 1. The van der Waals surface area contributed by atoms with E-state index in [1.165, 1.54) is 6.92 Å². The first-order valence-electron chi connectivity index (χ1n) is 8.43. The Hall–Kier alpha value is -1.26. The zero-order valence-electron chi connectivity index (χ0n) is 15.6. The van der Waals surface area contributed by atoms with Gasteiger partial charge in [0.15, 0.2) is 0 Å². The van der Waals surface area contributed by atoms with Crippen molar-refractivity contribution in [2.45, 2.75) is 53.1 Å². The number of carbonyl (C=O) groups excluding carboxylic acids is 1. The summed E-state index contributed by atoms with van der Waals surface area (Å²) < 4.78 is 11.9. The van der Waals surface area contributed by atoms with Gasteiger partial charge in [-0.05, 0) is 64.3 Å². The van der Waals surface area contributed by atoms with Crippen LogP contribution in [0.5, 0.6) is 11.5 Å². The minimum atomic E-state index is -0.287. The average molecular weight is 354 g/mol. The lowest BCUT2D eigenvalue weighted by atomic mass is 9.87. The van der Waals surface area contributed by atoms with E-state index >= 15 is 0 Å². The van der Waals surface area contributed by atoms with Crippen molar-refractivity contribution in [1.29, 1.82) is 0 Å². The number of esters is 1. The summed E-state index contributed by atoms with van der Waals surface area (Å²) in [6.07, 6.45) is 1.84. The van der Waals surface area contributed by atoms with Gasteiger partial charge in [0.05, 0.1) is 0 Å². The average Bonchev–Trinajstić information content (AvgIpc) is 2.49. The summed E-state index contributed by atoms with van der Waals surface area (Å²) in [6.45, 7) is 11.3. The summed E-state index contributed by atoms with van der Waals surface area (Å²) in [5, 5.41) is 0. The molecule has 24 heavy (non-hydrogen) atoms. The maximum Gasteiger partial charge on any atom is 0.308 e. The van der Waals surface area contributed by atoms with E-state index in [4.69, 9.17) is 21.1 Å². The quantitative estimate of drug-likeness (QED) is 0.458. The van der Waals surface area contributed by atoms with Gasteiger partial charge in [-0.25, -0.2) is 0 Å². The molecule has 0 fully saturated rings. The van der Waals surface area contributed by atoms with Crippen LogP contribution >= 0.6 is 11.6 Å². The van der Waals surface area contributed by atoms with Gasteiger partial charge >= 0.3 is 5.97 Å². The number of hydrogen-bond donors (Lipinski definition) is 0. The van der Waals surface area contributed by atoms with E-state index in [0.29, 0.717) is 11.6 Å². The summed E-state index contributed by atoms with van der Waals surface area (Å²) in [7, 11) is 2.07. The molecule has 1 aliphatic rings. The molecule has 1 unspecified atom stereocenters. The smallest absolute Gasteiger partial charge is 0.308 e. The van der Waals surface area contributed by atoms with Crippen molar-refractivity contribution in [3.05, 3.63) is 22.3 Å². The fourth-order valence-electron chi connectivity index (χ4n) is 3.48. The Balaban J connectivity index is 2.37. The molecule has 0 saturated carbocycles. The minimum Gasteiger partial charge on any atom is -0.486 e. The van der Waals surface area contributed by atoms with Crippen LogP contribution in [0, 0.1) is 20.8 Å². The van der Waals surface area contributed by atoms with Crippen LogP contribution in [0.2, 0.25) is 0 Å². The summed E-state index contributed by atoms with van der Waals surface area (Å²) in [6, 6.07) is 0. The first-order valence-corrected chi connectivity index (χ1v) is 8.96. The summed E-state index contributed by atoms with van der Waals surface area (Å²) in [4.78, 5) is 13.6. The highest BCUT2D eigenvalue weighted by atomic mass is 35.5. The highest BCUT2D eigenvalue weighted by Crippen LogP contribution is 2.43. The van der Waals surface area contributed by atoms with Crippen molar-refractivity contribution >= 4 is 17.6 Å². The van der Waals surface area contributed by atoms with Gasteiger partial charge in [-0.15, -0.1) is 11.6 Å². The van der Waals surface area contributed by atoms with Gasteiger partial charge in [0.25, 0.3) is 0 Å². The number of likely N-dealkylation sites (N-methyl/N-ethyl adjacent to an activating group) is 1. The first kappa shape index (κ1) is 19.1. The van der Waals surface area contributed by atoms with Gasteiger partial charge in [0.1, 0.15) is 17.1 Å². The second-order valence-corrected chi connectivity index (χ2v) is 7.46. The first-order chi connectivity index (χ1) is 11.2. The fourth-order valence-corrected chi connectivity index (χ4v) is 3.77. The van der Waals surface area contributed by atoms with E-state index in [-0.39, 0.29) is 11.6 Å². The van der Waals surface area contributed by atoms with E-state index < -0.39 is 0 Å². The molecule has 0 bridgehead atoms. The molecule has 1 aliphatic heterocycles. The van der Waals surface area contributed by atoms with Crippen LogP contribution in [0.4, 0.5) is 0 Å². The molecule has 2 rings (SSSR count). The minimum absolute atomic E-state index is 0.236. The van der Waals surface area contributed by atoms with Gasteiger partial charge < -0.3 is 14.4 Å². The SMILES string of the molecule is CC(=O)Oc1c(C)c(C)c2c(c1C)CCC(C)(CN(C)CCCl)O2. The zero-order chi connectivity index (χ0) is 18.1. The maximum absolute atomic E-state index is 11.4. The van der Waals surface area contributed by atoms with Crippen molar-refractivity contribution in [2.75, 3.05) is 26.0 Å². The molecule has 5 heteroatoms. The molecule has 134 valence electrons. The lowest BCUT2D eigenvalue weighted by Crippen LogP contribution is -2.47. The number of rotatable bonds is 5. The number of carbonyl (C=O) groups is 1. The van der Waals surface area contributed by atoms with Gasteiger partial charge in [0.2, 0.25) is 0 Å². The van der Waals surface area contributed by atoms with Gasteiger partial charge in [-0.3, -0.25) is 4.79 Å². The Morgan fingerprint density at radius 3 is 2.54 bits per heavy atom. The molecule has 1 atom stereocenters. The zero-order valence-corrected chi connectivity index (χ0v) is 16.3. The molecule has 0 aliphatic carbocycles. The molecule has 1 aromatic carbocycles. The normalized spacial score (nSPS) is 19.8. The molecule has 0 aromatic heterocycles. The largest absolute Gasteiger partial charge is 0.486 e. The Morgan fingerprint density at radius 1 is 1.29 bits per heavy atom. The number of benzene rings is 1. The van der Waals surface area contributed by atoms with Gasteiger partial charge in [-0.2, -0.15) is 0 Å². The van der Waals surface area contributed by atoms with Crippen molar-refractivity contribution in [3.63, 3.8) is 0 Å².